The van der Waals surface area contributed by atoms with Crippen LogP contribution in [0.1, 0.15) is 0 Å². The highest BCUT2D eigenvalue weighted by molar-refractivity contribution is 5.78. The monoisotopic (exact) mass is 176 g/mol. The van der Waals surface area contributed by atoms with Gasteiger partial charge in [-0.1, -0.05) is 0 Å². The highest BCUT2D eigenvalue weighted by Gasteiger charge is 2.56. The minimum absolute atomic E-state index is 0.823. The Labute approximate surface area is 67.3 Å². The van der Waals surface area contributed by atoms with Crippen LogP contribution in [0, 0.1) is 0 Å². The Hall–Kier alpha value is -0.690. The Bertz CT molecular complexity index is 216. The molecule has 12 heavy (non-hydrogen) atoms. The lowest BCUT2D eigenvalue weighted by molar-refractivity contribution is -0.168. The Morgan fingerprint density at radius 1 is 1.17 bits per heavy atom. The summed E-state index contributed by atoms with van der Waals surface area (Å²) in [5, 5.41) is 27.2. The van der Waals surface area contributed by atoms with E-state index in [4.69, 9.17) is 15.3 Å². The molecule has 2 aliphatic heterocycles. The Balaban J connectivity index is 2.19. The number of aliphatic hydroxyl groups excluding tert-OH is 3. The van der Waals surface area contributed by atoms with Crippen molar-refractivity contribution in [1.29, 1.82) is 0 Å². The van der Waals surface area contributed by atoms with Gasteiger partial charge < -0.3 is 24.8 Å². The average Bonchev–Trinajstić information content (AvgIpc) is 2.43. The second-order valence-corrected chi connectivity index (χ2v) is 2.83. The van der Waals surface area contributed by atoms with E-state index < -0.39 is 36.7 Å². The van der Waals surface area contributed by atoms with Gasteiger partial charge in [0.1, 0.15) is 12.2 Å². The van der Waals surface area contributed by atoms with Gasteiger partial charge >= 0.3 is 5.97 Å². The number of hydrogen-bond donors (Lipinski definition) is 3. The van der Waals surface area contributed by atoms with Gasteiger partial charge in [-0.3, -0.25) is 0 Å². The largest absolute Gasteiger partial charge is 0.454 e. The van der Waals surface area contributed by atoms with E-state index in [9.17, 15) is 4.79 Å². The van der Waals surface area contributed by atoms with Crippen molar-refractivity contribution in [2.24, 2.45) is 0 Å². The van der Waals surface area contributed by atoms with Crippen molar-refractivity contribution >= 4 is 5.97 Å². The van der Waals surface area contributed by atoms with Crippen molar-refractivity contribution in [2.45, 2.75) is 30.7 Å². The number of carbonyl (C=O) groups is 1. The molecule has 6 heteroatoms. The zero-order valence-electron chi connectivity index (χ0n) is 5.95. The van der Waals surface area contributed by atoms with Crippen LogP contribution in [-0.4, -0.2) is 52.0 Å². The van der Waals surface area contributed by atoms with Crippen LogP contribution in [0.2, 0.25) is 0 Å². The number of rotatable bonds is 0. The molecular formula is C6H8O6. The molecule has 5 atom stereocenters. The van der Waals surface area contributed by atoms with Crippen LogP contribution in [0.15, 0.2) is 0 Å². The van der Waals surface area contributed by atoms with Crippen molar-refractivity contribution in [3.05, 3.63) is 0 Å². The number of hydrogen-bond acceptors (Lipinski definition) is 6. The van der Waals surface area contributed by atoms with Crippen molar-refractivity contribution in [3.8, 4) is 0 Å². The van der Waals surface area contributed by atoms with Gasteiger partial charge in [-0.05, 0) is 0 Å². The molecule has 0 amide bonds. The second-order valence-electron chi connectivity index (χ2n) is 2.83. The first-order chi connectivity index (χ1) is 5.61. The third-order valence-corrected chi connectivity index (χ3v) is 2.05. The molecule has 0 bridgehead atoms. The summed E-state index contributed by atoms with van der Waals surface area (Å²) in [7, 11) is 0. The molecule has 0 saturated carbocycles. The SMILES string of the molecule is O=C1OC2[C@H](O[C@H](O)[C@H]2O)C1O. The van der Waals surface area contributed by atoms with E-state index in [1.807, 2.05) is 0 Å². The van der Waals surface area contributed by atoms with E-state index in [1.165, 1.54) is 0 Å². The predicted molar refractivity (Wildman–Crippen MR) is 32.8 cm³/mol. The van der Waals surface area contributed by atoms with Crippen LogP contribution in [0.25, 0.3) is 0 Å². The summed E-state index contributed by atoms with van der Waals surface area (Å²) in [5.41, 5.74) is 0. The number of esters is 1. The minimum atomic E-state index is -1.40. The zero-order valence-corrected chi connectivity index (χ0v) is 5.95. The summed E-state index contributed by atoms with van der Waals surface area (Å²) in [6, 6.07) is 0. The summed E-state index contributed by atoms with van der Waals surface area (Å²) in [6.07, 6.45) is -5.94. The molecule has 2 aliphatic rings. The van der Waals surface area contributed by atoms with E-state index >= 15 is 0 Å². The van der Waals surface area contributed by atoms with Crippen LogP contribution < -0.4 is 0 Å². The molecule has 0 aliphatic carbocycles. The number of fused-ring (bicyclic) bond motifs is 1. The first-order valence-corrected chi connectivity index (χ1v) is 3.51. The molecule has 2 unspecified atom stereocenters. The van der Waals surface area contributed by atoms with Crippen molar-refractivity contribution in [3.63, 3.8) is 0 Å². The molecule has 3 N–H and O–H groups in total. The predicted octanol–water partition coefficient (Wildman–Crippen LogP) is -2.65. The van der Waals surface area contributed by atoms with E-state index in [-0.39, 0.29) is 0 Å². The number of aliphatic hydroxyl groups is 3. The lowest BCUT2D eigenvalue weighted by Gasteiger charge is -2.10. The van der Waals surface area contributed by atoms with Crippen LogP contribution in [-0.2, 0) is 14.3 Å². The first kappa shape index (κ1) is 7.93. The van der Waals surface area contributed by atoms with Gasteiger partial charge in [-0.25, -0.2) is 4.79 Å². The molecule has 0 radical (unpaired) electrons. The highest BCUT2D eigenvalue weighted by Crippen LogP contribution is 2.30. The number of ether oxygens (including phenoxy) is 2. The summed E-state index contributed by atoms with van der Waals surface area (Å²) in [6.45, 7) is 0. The third kappa shape index (κ3) is 0.862. The fraction of sp³-hybridized carbons (Fsp3) is 0.833. The molecule has 2 saturated heterocycles. The summed E-state index contributed by atoms with van der Waals surface area (Å²) >= 11 is 0. The van der Waals surface area contributed by atoms with Gasteiger partial charge in [-0.15, -0.1) is 0 Å². The number of carbonyl (C=O) groups excluding carboxylic acids is 1. The quantitative estimate of drug-likeness (QED) is 0.349. The lowest BCUT2D eigenvalue weighted by atomic mass is 10.1. The smallest absolute Gasteiger partial charge is 0.338 e. The molecule has 2 heterocycles. The average molecular weight is 176 g/mol. The van der Waals surface area contributed by atoms with Crippen LogP contribution in [0.3, 0.4) is 0 Å². The molecule has 68 valence electrons. The van der Waals surface area contributed by atoms with Gasteiger partial charge in [0.05, 0.1) is 0 Å². The van der Waals surface area contributed by atoms with Crippen LogP contribution >= 0.6 is 0 Å². The molecule has 0 aromatic carbocycles. The van der Waals surface area contributed by atoms with E-state index in [1.54, 1.807) is 0 Å². The minimum Gasteiger partial charge on any atom is -0.454 e. The first-order valence-electron chi connectivity index (χ1n) is 3.51. The summed E-state index contributed by atoms with van der Waals surface area (Å²) in [5.74, 6) is -0.823. The fourth-order valence-electron chi connectivity index (χ4n) is 1.40. The molecule has 6 nitrogen and oxygen atoms in total. The van der Waals surface area contributed by atoms with E-state index in [2.05, 4.69) is 9.47 Å². The molecule has 2 rings (SSSR count). The van der Waals surface area contributed by atoms with E-state index in [0.717, 1.165) is 0 Å². The van der Waals surface area contributed by atoms with Gasteiger partial charge in [-0.2, -0.15) is 0 Å². The topological polar surface area (TPSA) is 96.2 Å². The lowest BCUT2D eigenvalue weighted by Crippen LogP contribution is -2.32. The zero-order chi connectivity index (χ0) is 8.88. The maximum atomic E-state index is 10.7. The standard InChI is InChI=1S/C6H8O6/c7-1-3-4(12-5(1)9)2(8)6(10)11-3/h1-5,7-9H/t1-,2?,3?,4+,5-/m0/s1. The molecule has 0 aromatic rings. The maximum Gasteiger partial charge on any atom is 0.338 e. The second kappa shape index (κ2) is 2.40. The summed E-state index contributed by atoms with van der Waals surface area (Å²) in [4.78, 5) is 10.7. The van der Waals surface area contributed by atoms with Crippen LogP contribution in [0.5, 0.6) is 0 Å². The molecule has 0 spiro atoms. The van der Waals surface area contributed by atoms with Crippen molar-refractivity contribution in [1.82, 2.24) is 0 Å². The molecule has 0 aromatic heterocycles. The maximum absolute atomic E-state index is 10.7. The third-order valence-electron chi connectivity index (χ3n) is 2.05. The Kier molecular flexibility index (Phi) is 1.58. The van der Waals surface area contributed by atoms with Gasteiger partial charge in [0.2, 0.25) is 0 Å². The summed E-state index contributed by atoms with van der Waals surface area (Å²) < 4.78 is 9.25. The highest BCUT2D eigenvalue weighted by atomic mass is 16.7. The van der Waals surface area contributed by atoms with Crippen LogP contribution in [0.4, 0.5) is 0 Å². The van der Waals surface area contributed by atoms with Gasteiger partial charge in [0.15, 0.2) is 18.5 Å². The normalized spacial score (nSPS) is 52.2. The van der Waals surface area contributed by atoms with Gasteiger partial charge in [0.25, 0.3) is 0 Å². The Morgan fingerprint density at radius 3 is 2.42 bits per heavy atom. The molecular weight excluding hydrogens is 168 g/mol. The Morgan fingerprint density at radius 2 is 1.83 bits per heavy atom. The van der Waals surface area contributed by atoms with E-state index in [0.29, 0.717) is 0 Å². The fourth-order valence-corrected chi connectivity index (χ4v) is 1.40. The van der Waals surface area contributed by atoms with Gasteiger partial charge in [0, 0.05) is 0 Å². The molecule has 2 fully saturated rings. The van der Waals surface area contributed by atoms with Crippen molar-refractivity contribution in [2.75, 3.05) is 0 Å². The van der Waals surface area contributed by atoms with Crippen molar-refractivity contribution < 1.29 is 29.6 Å².